The van der Waals surface area contributed by atoms with Gasteiger partial charge in [0.15, 0.2) is 0 Å². The van der Waals surface area contributed by atoms with Crippen molar-refractivity contribution in [3.8, 4) is 0 Å². The molecule has 1 rings (SSSR count). The van der Waals surface area contributed by atoms with E-state index in [0.29, 0.717) is 13.0 Å². The molecule has 13 heavy (non-hydrogen) atoms. The van der Waals surface area contributed by atoms with E-state index in [-0.39, 0.29) is 6.54 Å². The first-order valence-electron chi connectivity index (χ1n) is 3.85. The molecule has 74 valence electrons. The van der Waals surface area contributed by atoms with Crippen LogP contribution in [0.15, 0.2) is 12.3 Å². The molecule has 0 aliphatic rings. The Labute approximate surface area is 73.3 Å². The molecule has 1 heterocycles. The van der Waals surface area contributed by atoms with E-state index in [4.69, 9.17) is 5.73 Å². The van der Waals surface area contributed by atoms with E-state index < -0.39 is 11.9 Å². The molecule has 0 fully saturated rings. The van der Waals surface area contributed by atoms with E-state index in [1.165, 1.54) is 0 Å². The van der Waals surface area contributed by atoms with Crippen molar-refractivity contribution < 1.29 is 13.2 Å². The minimum Gasteiger partial charge on any atom is -0.330 e. The maximum absolute atomic E-state index is 12.2. The summed E-state index contributed by atoms with van der Waals surface area (Å²) in [7, 11) is 0. The summed E-state index contributed by atoms with van der Waals surface area (Å²) < 4.78 is 37.6. The van der Waals surface area contributed by atoms with Crippen molar-refractivity contribution in [3.63, 3.8) is 0 Å². The number of aromatic nitrogens is 2. The van der Waals surface area contributed by atoms with E-state index in [9.17, 15) is 13.2 Å². The summed E-state index contributed by atoms with van der Waals surface area (Å²) in [6, 6.07) is 0.955. The lowest BCUT2D eigenvalue weighted by Gasteiger charge is -2.09. The van der Waals surface area contributed by atoms with Crippen LogP contribution in [0.2, 0.25) is 0 Å². The van der Waals surface area contributed by atoms with Gasteiger partial charge in [0, 0.05) is 12.7 Å². The molecule has 0 bridgehead atoms. The zero-order valence-electron chi connectivity index (χ0n) is 6.88. The fourth-order valence-electron chi connectivity index (χ4n) is 0.993. The quantitative estimate of drug-likeness (QED) is 0.785. The minimum absolute atomic E-state index is 0.207. The number of alkyl halides is 3. The van der Waals surface area contributed by atoms with Gasteiger partial charge in [-0.2, -0.15) is 18.3 Å². The lowest BCUT2D eigenvalue weighted by atomic mass is 10.4. The molecule has 3 nitrogen and oxygen atoms in total. The van der Waals surface area contributed by atoms with Crippen molar-refractivity contribution in [2.75, 3.05) is 6.54 Å². The third-order valence-electron chi connectivity index (χ3n) is 1.58. The highest BCUT2D eigenvalue weighted by atomic mass is 19.4. The molecule has 0 aliphatic heterocycles. The zero-order valence-corrected chi connectivity index (χ0v) is 6.88. The molecule has 0 atom stereocenters. The van der Waals surface area contributed by atoms with Gasteiger partial charge >= 0.3 is 6.18 Å². The highest BCUT2D eigenvalue weighted by Gasteiger charge is 2.34. The number of aryl methyl sites for hydroxylation is 1. The molecule has 0 unspecified atom stereocenters. The Morgan fingerprint density at radius 3 is 2.69 bits per heavy atom. The molecule has 2 N–H and O–H groups in total. The van der Waals surface area contributed by atoms with Crippen molar-refractivity contribution in [1.82, 2.24) is 9.78 Å². The van der Waals surface area contributed by atoms with Crippen LogP contribution in [0.3, 0.4) is 0 Å². The first kappa shape index (κ1) is 10.0. The second-order valence-electron chi connectivity index (χ2n) is 2.58. The van der Waals surface area contributed by atoms with Crippen LogP contribution < -0.4 is 5.73 Å². The number of halogens is 3. The maximum Gasteiger partial charge on any atom is 0.433 e. The summed E-state index contributed by atoms with van der Waals surface area (Å²) in [5.74, 6) is 0. The summed E-state index contributed by atoms with van der Waals surface area (Å²) >= 11 is 0. The third-order valence-corrected chi connectivity index (χ3v) is 1.58. The van der Waals surface area contributed by atoms with Crippen LogP contribution in [0.4, 0.5) is 13.2 Å². The van der Waals surface area contributed by atoms with Gasteiger partial charge < -0.3 is 5.73 Å². The van der Waals surface area contributed by atoms with Gasteiger partial charge in [-0.05, 0) is 19.0 Å². The Hall–Kier alpha value is -1.04. The number of hydrogen-bond donors (Lipinski definition) is 1. The molecular formula is C7H10F3N3. The molecule has 6 heteroatoms. The average molecular weight is 193 g/mol. The standard InChI is InChI=1S/C7H10F3N3/c8-7(9,10)6-2-4-12-13(6)5-1-3-11/h2,4H,1,3,5,11H2. The summed E-state index contributed by atoms with van der Waals surface area (Å²) in [6.07, 6.45) is -2.70. The maximum atomic E-state index is 12.2. The van der Waals surface area contributed by atoms with E-state index in [1.807, 2.05) is 0 Å². The van der Waals surface area contributed by atoms with Crippen LogP contribution in [0, 0.1) is 0 Å². The predicted octanol–water partition coefficient (Wildman–Crippen LogP) is 1.25. The minimum atomic E-state index is -4.33. The largest absolute Gasteiger partial charge is 0.433 e. The van der Waals surface area contributed by atoms with E-state index in [2.05, 4.69) is 5.10 Å². The second-order valence-corrected chi connectivity index (χ2v) is 2.58. The predicted molar refractivity (Wildman–Crippen MR) is 40.9 cm³/mol. The third kappa shape index (κ3) is 2.45. The lowest BCUT2D eigenvalue weighted by Crippen LogP contribution is -2.16. The van der Waals surface area contributed by atoms with Gasteiger partial charge in [-0.1, -0.05) is 0 Å². The first-order chi connectivity index (χ1) is 6.05. The Bertz CT molecular complexity index is 266. The van der Waals surface area contributed by atoms with Gasteiger partial charge in [-0.15, -0.1) is 0 Å². The van der Waals surface area contributed by atoms with Crippen molar-refractivity contribution in [2.45, 2.75) is 19.1 Å². The molecule has 0 aliphatic carbocycles. The normalized spacial score (nSPS) is 12.0. The highest BCUT2D eigenvalue weighted by molar-refractivity contribution is 5.04. The van der Waals surface area contributed by atoms with Crippen molar-refractivity contribution in [1.29, 1.82) is 0 Å². The zero-order chi connectivity index (χ0) is 9.90. The summed E-state index contributed by atoms with van der Waals surface area (Å²) in [5.41, 5.74) is 4.46. The fourth-order valence-corrected chi connectivity index (χ4v) is 0.993. The lowest BCUT2D eigenvalue weighted by molar-refractivity contribution is -0.144. The van der Waals surface area contributed by atoms with Crippen molar-refractivity contribution >= 4 is 0 Å². The van der Waals surface area contributed by atoms with Crippen LogP contribution >= 0.6 is 0 Å². The fraction of sp³-hybridized carbons (Fsp3) is 0.571. The molecule has 0 saturated heterocycles. The Kier molecular flexibility index (Phi) is 2.92. The highest BCUT2D eigenvalue weighted by Crippen LogP contribution is 2.28. The number of nitrogens with zero attached hydrogens (tertiary/aromatic N) is 2. The smallest absolute Gasteiger partial charge is 0.330 e. The molecule has 0 saturated carbocycles. The summed E-state index contributed by atoms with van der Waals surface area (Å²) in [4.78, 5) is 0. The van der Waals surface area contributed by atoms with Gasteiger partial charge in [0.25, 0.3) is 0 Å². The van der Waals surface area contributed by atoms with Crippen LogP contribution in [0.25, 0.3) is 0 Å². The van der Waals surface area contributed by atoms with Crippen LogP contribution in [0.1, 0.15) is 12.1 Å². The van der Waals surface area contributed by atoms with E-state index in [1.54, 1.807) is 0 Å². The number of rotatable bonds is 3. The van der Waals surface area contributed by atoms with Gasteiger partial charge in [0.1, 0.15) is 5.69 Å². The van der Waals surface area contributed by atoms with Gasteiger partial charge in [0.2, 0.25) is 0 Å². The molecule has 1 aromatic heterocycles. The SMILES string of the molecule is NCCCn1nccc1C(F)(F)F. The molecule has 1 aromatic rings. The number of nitrogens with two attached hydrogens (primary N) is 1. The van der Waals surface area contributed by atoms with Crippen LogP contribution in [0.5, 0.6) is 0 Å². The Balaban J connectivity index is 2.77. The summed E-state index contributed by atoms with van der Waals surface area (Å²) in [5, 5.41) is 3.56. The Morgan fingerprint density at radius 2 is 2.15 bits per heavy atom. The van der Waals surface area contributed by atoms with Gasteiger partial charge in [-0.25, -0.2) is 0 Å². The monoisotopic (exact) mass is 193 g/mol. The number of hydrogen-bond acceptors (Lipinski definition) is 2. The first-order valence-corrected chi connectivity index (χ1v) is 3.85. The topological polar surface area (TPSA) is 43.8 Å². The average Bonchev–Trinajstić information content (AvgIpc) is 2.47. The van der Waals surface area contributed by atoms with Crippen LogP contribution in [-0.4, -0.2) is 16.3 Å². The van der Waals surface area contributed by atoms with Crippen molar-refractivity contribution in [2.24, 2.45) is 5.73 Å². The second kappa shape index (κ2) is 3.78. The van der Waals surface area contributed by atoms with Gasteiger partial charge in [-0.3, -0.25) is 4.68 Å². The van der Waals surface area contributed by atoms with Gasteiger partial charge in [0.05, 0.1) is 0 Å². The summed E-state index contributed by atoms with van der Waals surface area (Å²) in [6.45, 7) is 0.565. The Morgan fingerprint density at radius 1 is 1.46 bits per heavy atom. The van der Waals surface area contributed by atoms with Crippen LogP contribution in [-0.2, 0) is 12.7 Å². The van der Waals surface area contributed by atoms with Crippen molar-refractivity contribution in [3.05, 3.63) is 18.0 Å². The molecule has 0 spiro atoms. The molecule has 0 aromatic carbocycles. The van der Waals surface area contributed by atoms with E-state index in [0.717, 1.165) is 16.9 Å². The van der Waals surface area contributed by atoms with E-state index >= 15 is 0 Å². The molecule has 0 amide bonds. The molecular weight excluding hydrogens is 183 g/mol. The molecule has 0 radical (unpaired) electrons.